The number of thioether (sulfide) groups is 2. The van der Waals surface area contributed by atoms with Gasteiger partial charge in [-0.1, -0.05) is 12.1 Å². The number of hydrogen-bond acceptors (Lipinski definition) is 3. The van der Waals surface area contributed by atoms with E-state index in [2.05, 4.69) is 29.2 Å². The summed E-state index contributed by atoms with van der Waals surface area (Å²) in [6, 6.07) is 8.78. The number of rotatable bonds is 2. The Morgan fingerprint density at radius 3 is 2.50 bits per heavy atom. The van der Waals surface area contributed by atoms with Crippen LogP contribution in [0.3, 0.4) is 0 Å². The van der Waals surface area contributed by atoms with Gasteiger partial charge in [0.15, 0.2) is 0 Å². The number of hydrogen-bond donors (Lipinski definition) is 0. The SMILES string of the molecule is c1cn(-c2ccc(C3SCCS3)cc2)cn1. The highest BCUT2D eigenvalue weighted by atomic mass is 32.2. The number of imidazole rings is 1. The largest absolute Gasteiger partial charge is 0.306 e. The molecule has 1 aromatic heterocycles. The molecule has 2 nitrogen and oxygen atoms in total. The molecule has 82 valence electrons. The lowest BCUT2D eigenvalue weighted by Crippen LogP contribution is -1.91. The van der Waals surface area contributed by atoms with E-state index in [1.807, 2.05) is 40.6 Å². The Labute approximate surface area is 103 Å². The molecule has 1 aliphatic heterocycles. The summed E-state index contributed by atoms with van der Waals surface area (Å²) >= 11 is 4.09. The summed E-state index contributed by atoms with van der Waals surface area (Å²) in [6.07, 6.45) is 5.60. The van der Waals surface area contributed by atoms with Crippen LogP contribution < -0.4 is 0 Å². The van der Waals surface area contributed by atoms with Crippen molar-refractivity contribution in [2.45, 2.75) is 4.58 Å². The molecule has 0 N–H and O–H groups in total. The van der Waals surface area contributed by atoms with Gasteiger partial charge in [0.2, 0.25) is 0 Å². The third kappa shape index (κ3) is 1.99. The molecule has 1 aromatic carbocycles. The average Bonchev–Trinajstić information content (AvgIpc) is 3.03. The summed E-state index contributed by atoms with van der Waals surface area (Å²) in [6.45, 7) is 0. The van der Waals surface area contributed by atoms with Gasteiger partial charge in [0, 0.05) is 29.6 Å². The molecule has 0 aliphatic carbocycles. The summed E-state index contributed by atoms with van der Waals surface area (Å²) in [5.41, 5.74) is 2.60. The van der Waals surface area contributed by atoms with E-state index in [0.29, 0.717) is 4.58 Å². The van der Waals surface area contributed by atoms with Gasteiger partial charge in [-0.2, -0.15) is 0 Å². The van der Waals surface area contributed by atoms with Crippen molar-refractivity contribution in [3.63, 3.8) is 0 Å². The third-order valence-corrected chi connectivity index (χ3v) is 5.69. The van der Waals surface area contributed by atoms with Crippen molar-refractivity contribution in [3.05, 3.63) is 48.5 Å². The van der Waals surface area contributed by atoms with Gasteiger partial charge in [-0.15, -0.1) is 23.5 Å². The predicted molar refractivity (Wildman–Crippen MR) is 71.2 cm³/mol. The molecule has 0 atom stereocenters. The van der Waals surface area contributed by atoms with Crippen molar-refractivity contribution in [1.82, 2.24) is 9.55 Å². The van der Waals surface area contributed by atoms with Crippen LogP contribution in [0.2, 0.25) is 0 Å². The average molecular weight is 248 g/mol. The second-order valence-electron chi connectivity index (χ2n) is 3.63. The van der Waals surface area contributed by atoms with Crippen LogP contribution in [0.25, 0.3) is 5.69 Å². The van der Waals surface area contributed by atoms with E-state index >= 15 is 0 Å². The van der Waals surface area contributed by atoms with Gasteiger partial charge in [0.25, 0.3) is 0 Å². The molecule has 2 heterocycles. The molecule has 0 radical (unpaired) electrons. The Hall–Kier alpha value is -0.870. The van der Waals surface area contributed by atoms with Crippen LogP contribution in [0, 0.1) is 0 Å². The lowest BCUT2D eigenvalue weighted by Gasteiger charge is -2.09. The molecule has 4 heteroatoms. The first kappa shape index (κ1) is 10.3. The van der Waals surface area contributed by atoms with Gasteiger partial charge in [0.05, 0.1) is 10.9 Å². The van der Waals surface area contributed by atoms with E-state index in [4.69, 9.17) is 0 Å². The zero-order chi connectivity index (χ0) is 10.8. The lowest BCUT2D eigenvalue weighted by atomic mass is 10.2. The summed E-state index contributed by atoms with van der Waals surface area (Å²) in [5, 5.41) is 0. The molecule has 2 aromatic rings. The Bertz CT molecular complexity index is 444. The van der Waals surface area contributed by atoms with Crippen LogP contribution in [0.4, 0.5) is 0 Å². The summed E-state index contributed by atoms with van der Waals surface area (Å²) < 4.78 is 2.66. The first-order valence-electron chi connectivity index (χ1n) is 5.25. The molecule has 0 saturated carbocycles. The van der Waals surface area contributed by atoms with Gasteiger partial charge >= 0.3 is 0 Å². The van der Waals surface area contributed by atoms with Crippen LogP contribution in [0.5, 0.6) is 0 Å². The fraction of sp³-hybridized carbons (Fsp3) is 0.250. The first-order chi connectivity index (χ1) is 7.93. The molecule has 0 bridgehead atoms. The maximum Gasteiger partial charge on any atom is 0.0991 e. The minimum Gasteiger partial charge on any atom is -0.306 e. The second kappa shape index (κ2) is 4.55. The quantitative estimate of drug-likeness (QED) is 0.811. The maximum atomic E-state index is 4.05. The van der Waals surface area contributed by atoms with E-state index in [9.17, 15) is 0 Å². The highest BCUT2D eigenvalue weighted by Crippen LogP contribution is 2.45. The number of aromatic nitrogens is 2. The number of benzene rings is 1. The van der Waals surface area contributed by atoms with Crippen LogP contribution in [0.15, 0.2) is 43.0 Å². The van der Waals surface area contributed by atoms with Crippen LogP contribution in [-0.4, -0.2) is 21.1 Å². The molecule has 1 saturated heterocycles. The first-order valence-corrected chi connectivity index (χ1v) is 7.35. The van der Waals surface area contributed by atoms with E-state index in [-0.39, 0.29) is 0 Å². The second-order valence-corrected chi connectivity index (χ2v) is 6.36. The van der Waals surface area contributed by atoms with Gasteiger partial charge in [0.1, 0.15) is 0 Å². The summed E-state index contributed by atoms with van der Waals surface area (Å²) in [7, 11) is 0. The van der Waals surface area contributed by atoms with Gasteiger partial charge in [-0.05, 0) is 17.7 Å². The maximum absolute atomic E-state index is 4.05. The van der Waals surface area contributed by atoms with E-state index < -0.39 is 0 Å². The van der Waals surface area contributed by atoms with Crippen molar-refractivity contribution in [1.29, 1.82) is 0 Å². The van der Waals surface area contributed by atoms with Crippen LogP contribution in [-0.2, 0) is 0 Å². The lowest BCUT2D eigenvalue weighted by molar-refractivity contribution is 1.05. The molecule has 1 fully saturated rings. The standard InChI is InChI=1S/C12H12N2S2/c1-3-11(14-6-5-13-9-14)4-2-10(1)12-15-7-8-16-12/h1-6,9,12H,7-8H2. The Kier molecular flexibility index (Phi) is 2.93. The zero-order valence-corrected chi connectivity index (χ0v) is 10.4. The van der Waals surface area contributed by atoms with Crippen molar-refractivity contribution in [3.8, 4) is 5.69 Å². The Morgan fingerprint density at radius 2 is 1.88 bits per heavy atom. The number of nitrogens with zero attached hydrogens (tertiary/aromatic N) is 2. The normalized spacial score (nSPS) is 16.8. The Morgan fingerprint density at radius 1 is 1.12 bits per heavy atom. The minimum atomic E-state index is 0.636. The monoisotopic (exact) mass is 248 g/mol. The fourth-order valence-corrected chi connectivity index (χ4v) is 4.63. The molecule has 0 unspecified atom stereocenters. The molecule has 16 heavy (non-hydrogen) atoms. The predicted octanol–water partition coefficient (Wildman–Crippen LogP) is 3.35. The van der Waals surface area contributed by atoms with Crippen LogP contribution >= 0.6 is 23.5 Å². The smallest absolute Gasteiger partial charge is 0.0991 e. The highest BCUT2D eigenvalue weighted by molar-refractivity contribution is 8.19. The van der Waals surface area contributed by atoms with E-state index in [1.165, 1.54) is 22.8 Å². The molecular weight excluding hydrogens is 236 g/mol. The van der Waals surface area contributed by atoms with Crippen LogP contribution in [0.1, 0.15) is 10.1 Å². The van der Waals surface area contributed by atoms with Crippen molar-refractivity contribution in [2.24, 2.45) is 0 Å². The van der Waals surface area contributed by atoms with Gasteiger partial charge in [-0.25, -0.2) is 4.98 Å². The third-order valence-electron chi connectivity index (χ3n) is 2.59. The summed E-state index contributed by atoms with van der Waals surface area (Å²) in [4.78, 5) is 4.05. The molecular formula is C12H12N2S2. The zero-order valence-electron chi connectivity index (χ0n) is 8.74. The van der Waals surface area contributed by atoms with E-state index in [0.717, 1.165) is 0 Å². The molecule has 0 spiro atoms. The Balaban J connectivity index is 1.84. The highest BCUT2D eigenvalue weighted by Gasteiger charge is 2.17. The minimum absolute atomic E-state index is 0.636. The molecule has 1 aliphatic rings. The molecule has 3 rings (SSSR count). The molecule has 0 amide bonds. The van der Waals surface area contributed by atoms with Crippen molar-refractivity contribution >= 4 is 23.5 Å². The van der Waals surface area contributed by atoms with Gasteiger partial charge in [-0.3, -0.25) is 0 Å². The fourth-order valence-electron chi connectivity index (χ4n) is 1.77. The van der Waals surface area contributed by atoms with Gasteiger partial charge < -0.3 is 4.57 Å². The topological polar surface area (TPSA) is 17.8 Å². The van der Waals surface area contributed by atoms with E-state index in [1.54, 1.807) is 6.20 Å². The van der Waals surface area contributed by atoms with Crippen molar-refractivity contribution < 1.29 is 0 Å². The summed E-state index contributed by atoms with van der Waals surface area (Å²) in [5.74, 6) is 2.55. The van der Waals surface area contributed by atoms with Crippen molar-refractivity contribution in [2.75, 3.05) is 11.5 Å².